The third-order valence-corrected chi connectivity index (χ3v) is 3.73. The zero-order valence-electron chi connectivity index (χ0n) is 12.8. The quantitative estimate of drug-likeness (QED) is 0.896. The van der Waals surface area contributed by atoms with Crippen LogP contribution in [0.5, 0.6) is 5.75 Å². The highest BCUT2D eigenvalue weighted by molar-refractivity contribution is 5.30. The third-order valence-electron chi connectivity index (χ3n) is 3.73. The molecule has 0 aliphatic rings. The number of halogens is 1. The Hall–Kier alpha value is -1.87. The van der Waals surface area contributed by atoms with E-state index in [4.69, 9.17) is 10.5 Å². The van der Waals surface area contributed by atoms with Crippen LogP contribution >= 0.6 is 0 Å². The van der Waals surface area contributed by atoms with E-state index in [0.717, 1.165) is 12.0 Å². The van der Waals surface area contributed by atoms with Crippen LogP contribution in [0.1, 0.15) is 36.6 Å². The number of ether oxygens (including phenoxy) is 1. The molecule has 0 saturated heterocycles. The van der Waals surface area contributed by atoms with Gasteiger partial charge in [-0.2, -0.15) is 0 Å². The van der Waals surface area contributed by atoms with Crippen LogP contribution in [0.2, 0.25) is 0 Å². The van der Waals surface area contributed by atoms with E-state index in [1.807, 2.05) is 19.1 Å². The van der Waals surface area contributed by atoms with Crippen LogP contribution in [0.15, 0.2) is 42.5 Å². The van der Waals surface area contributed by atoms with E-state index in [1.165, 1.54) is 11.6 Å². The summed E-state index contributed by atoms with van der Waals surface area (Å²) < 4.78 is 19.1. The summed E-state index contributed by atoms with van der Waals surface area (Å²) in [5, 5.41) is 0. The van der Waals surface area contributed by atoms with Crippen molar-refractivity contribution < 1.29 is 9.13 Å². The summed E-state index contributed by atoms with van der Waals surface area (Å²) in [6.07, 6.45) is 0.818. The SMILES string of the molecule is CCc1ccc(C(N)C(C)Oc2ccc(F)c(C)c2)cc1. The second kappa shape index (κ2) is 6.72. The highest BCUT2D eigenvalue weighted by Gasteiger charge is 2.17. The maximum atomic E-state index is 13.3. The summed E-state index contributed by atoms with van der Waals surface area (Å²) in [5.74, 6) is 0.413. The van der Waals surface area contributed by atoms with Gasteiger partial charge in [0.2, 0.25) is 0 Å². The number of benzene rings is 2. The van der Waals surface area contributed by atoms with E-state index in [0.29, 0.717) is 11.3 Å². The fourth-order valence-corrected chi connectivity index (χ4v) is 2.23. The molecule has 3 heteroatoms. The molecule has 0 radical (unpaired) electrons. The van der Waals surface area contributed by atoms with E-state index in [-0.39, 0.29) is 18.0 Å². The van der Waals surface area contributed by atoms with Gasteiger partial charge in [0.05, 0.1) is 6.04 Å². The maximum Gasteiger partial charge on any atom is 0.126 e. The van der Waals surface area contributed by atoms with Gasteiger partial charge in [-0.05, 0) is 55.2 Å². The van der Waals surface area contributed by atoms with Crippen LogP contribution < -0.4 is 10.5 Å². The number of hydrogen-bond acceptors (Lipinski definition) is 2. The number of nitrogens with two attached hydrogens (primary N) is 1. The van der Waals surface area contributed by atoms with Gasteiger partial charge in [0.15, 0.2) is 0 Å². The first kappa shape index (κ1) is 15.5. The predicted octanol–water partition coefficient (Wildman–Crippen LogP) is 4.16. The van der Waals surface area contributed by atoms with Crippen LogP contribution in [0, 0.1) is 12.7 Å². The molecule has 2 N–H and O–H groups in total. The first-order chi connectivity index (χ1) is 10.0. The summed E-state index contributed by atoms with van der Waals surface area (Å²) >= 11 is 0. The van der Waals surface area contributed by atoms with Gasteiger partial charge in [-0.15, -0.1) is 0 Å². The molecule has 0 heterocycles. The average Bonchev–Trinajstić information content (AvgIpc) is 2.50. The highest BCUT2D eigenvalue weighted by atomic mass is 19.1. The number of hydrogen-bond donors (Lipinski definition) is 1. The van der Waals surface area contributed by atoms with E-state index < -0.39 is 0 Å². The Morgan fingerprint density at radius 2 is 1.81 bits per heavy atom. The molecule has 0 spiro atoms. The van der Waals surface area contributed by atoms with Gasteiger partial charge in [-0.1, -0.05) is 31.2 Å². The van der Waals surface area contributed by atoms with Gasteiger partial charge in [0.25, 0.3) is 0 Å². The van der Waals surface area contributed by atoms with Crippen LogP contribution in [-0.2, 0) is 6.42 Å². The molecule has 2 unspecified atom stereocenters. The van der Waals surface area contributed by atoms with Gasteiger partial charge in [0.1, 0.15) is 17.7 Å². The molecule has 112 valence electrons. The smallest absolute Gasteiger partial charge is 0.126 e. The largest absolute Gasteiger partial charge is 0.489 e. The molecule has 0 amide bonds. The second-order valence-electron chi connectivity index (χ2n) is 5.35. The lowest BCUT2D eigenvalue weighted by Gasteiger charge is -2.22. The minimum atomic E-state index is -0.227. The third kappa shape index (κ3) is 3.82. The molecule has 2 nitrogen and oxygen atoms in total. The minimum absolute atomic E-state index is 0.192. The van der Waals surface area contributed by atoms with E-state index in [9.17, 15) is 4.39 Å². The standard InChI is InChI=1S/C18H22FNO/c1-4-14-5-7-15(8-6-14)18(20)13(3)21-16-9-10-17(19)12(2)11-16/h5-11,13,18H,4,20H2,1-3H3. The Morgan fingerprint density at radius 3 is 2.38 bits per heavy atom. The molecule has 0 saturated carbocycles. The molecule has 2 aromatic rings. The first-order valence-corrected chi connectivity index (χ1v) is 7.28. The van der Waals surface area contributed by atoms with Crippen molar-refractivity contribution >= 4 is 0 Å². The summed E-state index contributed by atoms with van der Waals surface area (Å²) in [4.78, 5) is 0. The van der Waals surface area contributed by atoms with Crippen molar-refractivity contribution in [2.24, 2.45) is 5.73 Å². The minimum Gasteiger partial charge on any atom is -0.489 e. The molecular formula is C18H22FNO. The Morgan fingerprint density at radius 1 is 1.14 bits per heavy atom. The van der Waals surface area contributed by atoms with Crippen molar-refractivity contribution in [2.45, 2.75) is 39.3 Å². The normalized spacial score (nSPS) is 13.8. The molecule has 0 aliphatic heterocycles. The second-order valence-corrected chi connectivity index (χ2v) is 5.35. The summed E-state index contributed by atoms with van der Waals surface area (Å²) in [6, 6.07) is 12.8. The first-order valence-electron chi connectivity index (χ1n) is 7.28. The molecule has 0 aliphatic carbocycles. The molecule has 0 bridgehead atoms. The van der Waals surface area contributed by atoms with Crippen molar-refractivity contribution in [1.82, 2.24) is 0 Å². The Labute approximate surface area is 125 Å². The van der Waals surface area contributed by atoms with Crippen LogP contribution in [0.3, 0.4) is 0 Å². The zero-order chi connectivity index (χ0) is 15.4. The lowest BCUT2D eigenvalue weighted by molar-refractivity contribution is 0.190. The number of aryl methyl sites for hydroxylation is 2. The van der Waals surface area contributed by atoms with Crippen LogP contribution in [0.4, 0.5) is 4.39 Å². The zero-order valence-corrected chi connectivity index (χ0v) is 12.8. The molecule has 0 aromatic heterocycles. The summed E-state index contributed by atoms with van der Waals surface area (Å²) in [5.41, 5.74) is 9.14. The summed E-state index contributed by atoms with van der Waals surface area (Å²) in [7, 11) is 0. The predicted molar refractivity (Wildman–Crippen MR) is 84.0 cm³/mol. The molecule has 21 heavy (non-hydrogen) atoms. The van der Waals surface area contributed by atoms with Crippen LogP contribution in [-0.4, -0.2) is 6.10 Å². The lowest BCUT2D eigenvalue weighted by atomic mass is 10.0. The molecule has 2 rings (SSSR count). The van der Waals surface area contributed by atoms with Gasteiger partial charge in [-0.25, -0.2) is 4.39 Å². The fraction of sp³-hybridized carbons (Fsp3) is 0.333. The van der Waals surface area contributed by atoms with E-state index in [1.54, 1.807) is 19.1 Å². The monoisotopic (exact) mass is 287 g/mol. The van der Waals surface area contributed by atoms with Gasteiger partial charge in [-0.3, -0.25) is 0 Å². The Bertz CT molecular complexity index is 595. The van der Waals surface area contributed by atoms with E-state index >= 15 is 0 Å². The average molecular weight is 287 g/mol. The van der Waals surface area contributed by atoms with Crippen molar-refractivity contribution in [3.05, 3.63) is 65.0 Å². The summed E-state index contributed by atoms with van der Waals surface area (Å²) in [6.45, 7) is 5.77. The fourth-order valence-electron chi connectivity index (χ4n) is 2.23. The van der Waals surface area contributed by atoms with Crippen molar-refractivity contribution in [2.75, 3.05) is 0 Å². The van der Waals surface area contributed by atoms with Crippen molar-refractivity contribution in [3.8, 4) is 5.75 Å². The molecule has 2 atom stereocenters. The van der Waals surface area contributed by atoms with E-state index in [2.05, 4.69) is 19.1 Å². The van der Waals surface area contributed by atoms with Crippen molar-refractivity contribution in [3.63, 3.8) is 0 Å². The molecule has 2 aromatic carbocycles. The molecular weight excluding hydrogens is 265 g/mol. The number of rotatable bonds is 5. The molecule has 0 fully saturated rings. The van der Waals surface area contributed by atoms with Gasteiger partial charge < -0.3 is 10.5 Å². The topological polar surface area (TPSA) is 35.2 Å². The highest BCUT2D eigenvalue weighted by Crippen LogP contribution is 2.22. The Kier molecular flexibility index (Phi) is 4.97. The van der Waals surface area contributed by atoms with Gasteiger partial charge in [0, 0.05) is 0 Å². The van der Waals surface area contributed by atoms with Crippen molar-refractivity contribution in [1.29, 1.82) is 0 Å². The Balaban J connectivity index is 2.07. The van der Waals surface area contributed by atoms with Gasteiger partial charge >= 0.3 is 0 Å². The van der Waals surface area contributed by atoms with Crippen LogP contribution in [0.25, 0.3) is 0 Å². The maximum absolute atomic E-state index is 13.3. The lowest BCUT2D eigenvalue weighted by Crippen LogP contribution is -2.28.